The Hall–Kier alpha value is -0.770. The second kappa shape index (κ2) is 6.60. The highest BCUT2D eigenvalue weighted by Gasteiger charge is 2.17. The van der Waals surface area contributed by atoms with Gasteiger partial charge in [-0.25, -0.2) is 0 Å². The van der Waals surface area contributed by atoms with E-state index in [1.807, 2.05) is 0 Å². The van der Waals surface area contributed by atoms with Crippen molar-refractivity contribution in [2.75, 3.05) is 25.0 Å². The van der Waals surface area contributed by atoms with E-state index in [2.05, 4.69) is 17.1 Å². The Kier molecular flexibility index (Phi) is 5.08. The normalized spacial score (nSPS) is 17.4. The van der Waals surface area contributed by atoms with Gasteiger partial charge in [0.2, 0.25) is 5.91 Å². The Bertz CT molecular complexity index is 457. The number of hydrogen-bond donors (Lipinski definition) is 1. The maximum Gasteiger partial charge on any atom is 0.238 e. The quantitative estimate of drug-likeness (QED) is 0.924. The van der Waals surface area contributed by atoms with E-state index in [1.165, 1.54) is 12.8 Å². The highest BCUT2D eigenvalue weighted by molar-refractivity contribution is 6.42. The van der Waals surface area contributed by atoms with Crippen molar-refractivity contribution in [2.24, 2.45) is 5.92 Å². The number of carbonyl (C=O) groups is 1. The number of likely N-dealkylation sites (tertiary alicyclic amines) is 1. The molecule has 1 N–H and O–H groups in total. The van der Waals surface area contributed by atoms with Crippen LogP contribution in [0.25, 0.3) is 0 Å². The molecule has 0 atom stereocenters. The molecule has 5 heteroatoms. The Morgan fingerprint density at radius 1 is 1.32 bits per heavy atom. The lowest BCUT2D eigenvalue weighted by atomic mass is 9.99. The van der Waals surface area contributed by atoms with E-state index >= 15 is 0 Å². The van der Waals surface area contributed by atoms with Crippen LogP contribution in [0.3, 0.4) is 0 Å². The number of anilines is 1. The summed E-state index contributed by atoms with van der Waals surface area (Å²) in [5.74, 6) is 0.766. The van der Waals surface area contributed by atoms with E-state index in [9.17, 15) is 4.79 Å². The summed E-state index contributed by atoms with van der Waals surface area (Å²) < 4.78 is 0. The Morgan fingerprint density at radius 2 is 2.00 bits per heavy atom. The molecule has 1 heterocycles. The molecule has 3 nitrogen and oxygen atoms in total. The van der Waals surface area contributed by atoms with Gasteiger partial charge in [-0.1, -0.05) is 30.1 Å². The number of piperidine rings is 1. The third-order valence-corrected chi connectivity index (χ3v) is 4.19. The van der Waals surface area contributed by atoms with E-state index in [0.29, 0.717) is 22.3 Å². The van der Waals surface area contributed by atoms with Crippen molar-refractivity contribution in [1.82, 2.24) is 4.90 Å². The summed E-state index contributed by atoms with van der Waals surface area (Å²) in [6.07, 6.45) is 2.33. The van der Waals surface area contributed by atoms with Gasteiger partial charge in [0.15, 0.2) is 0 Å². The van der Waals surface area contributed by atoms with Crippen molar-refractivity contribution in [3.05, 3.63) is 28.2 Å². The zero-order chi connectivity index (χ0) is 13.8. The Morgan fingerprint density at radius 3 is 2.63 bits per heavy atom. The molecular formula is C14H18Cl2N2O. The first kappa shape index (κ1) is 14.6. The van der Waals surface area contributed by atoms with Crippen LogP contribution in [0.1, 0.15) is 19.8 Å². The fourth-order valence-corrected chi connectivity index (χ4v) is 2.50. The van der Waals surface area contributed by atoms with Gasteiger partial charge in [0, 0.05) is 5.69 Å². The van der Waals surface area contributed by atoms with Gasteiger partial charge in [-0.2, -0.15) is 0 Å². The standard InChI is InChI=1S/C14H18Cl2N2O/c1-10-4-6-18(7-5-10)9-14(19)17-11-2-3-12(15)13(16)8-11/h2-3,8,10H,4-7,9H2,1H3,(H,17,19). The number of nitrogens with one attached hydrogen (secondary N) is 1. The summed E-state index contributed by atoms with van der Waals surface area (Å²) in [4.78, 5) is 14.1. The van der Waals surface area contributed by atoms with E-state index < -0.39 is 0 Å². The number of nitrogens with zero attached hydrogens (tertiary/aromatic N) is 1. The first-order valence-corrected chi connectivity index (χ1v) is 7.27. The van der Waals surface area contributed by atoms with Crippen LogP contribution in [-0.2, 0) is 4.79 Å². The van der Waals surface area contributed by atoms with Crippen LogP contribution in [-0.4, -0.2) is 30.4 Å². The van der Waals surface area contributed by atoms with Crippen molar-refractivity contribution in [3.8, 4) is 0 Å². The zero-order valence-electron chi connectivity index (χ0n) is 11.0. The molecule has 1 aliphatic heterocycles. The molecule has 0 aromatic heterocycles. The van der Waals surface area contributed by atoms with Gasteiger partial charge in [0.25, 0.3) is 0 Å². The summed E-state index contributed by atoms with van der Waals surface area (Å²) in [7, 11) is 0. The van der Waals surface area contributed by atoms with Crippen molar-refractivity contribution < 1.29 is 4.79 Å². The molecule has 0 bridgehead atoms. The highest BCUT2D eigenvalue weighted by atomic mass is 35.5. The summed E-state index contributed by atoms with van der Waals surface area (Å²) in [5.41, 5.74) is 0.685. The molecule has 0 saturated carbocycles. The molecule has 0 spiro atoms. The fraction of sp³-hybridized carbons (Fsp3) is 0.500. The minimum Gasteiger partial charge on any atom is -0.325 e. The van der Waals surface area contributed by atoms with Crippen LogP contribution < -0.4 is 5.32 Å². The Balaban J connectivity index is 1.85. The van der Waals surface area contributed by atoms with E-state index in [1.54, 1.807) is 18.2 Å². The number of benzene rings is 1. The van der Waals surface area contributed by atoms with Crippen LogP contribution in [0.2, 0.25) is 10.0 Å². The van der Waals surface area contributed by atoms with Gasteiger partial charge >= 0.3 is 0 Å². The molecule has 1 aromatic carbocycles. The maximum atomic E-state index is 11.9. The fourth-order valence-electron chi connectivity index (χ4n) is 2.20. The SMILES string of the molecule is CC1CCN(CC(=O)Nc2ccc(Cl)c(Cl)c2)CC1. The third kappa shape index (κ3) is 4.37. The van der Waals surface area contributed by atoms with E-state index in [4.69, 9.17) is 23.2 Å². The molecule has 0 unspecified atom stereocenters. The molecule has 1 fully saturated rings. The van der Waals surface area contributed by atoms with Gasteiger partial charge in [-0.05, 0) is 50.0 Å². The summed E-state index contributed by atoms with van der Waals surface area (Å²) in [6, 6.07) is 5.10. The summed E-state index contributed by atoms with van der Waals surface area (Å²) in [6.45, 7) is 4.69. The molecule has 1 aliphatic rings. The largest absolute Gasteiger partial charge is 0.325 e. The average Bonchev–Trinajstić information content (AvgIpc) is 2.37. The lowest BCUT2D eigenvalue weighted by Crippen LogP contribution is -2.38. The topological polar surface area (TPSA) is 32.3 Å². The second-order valence-electron chi connectivity index (χ2n) is 5.14. The van der Waals surface area contributed by atoms with Crippen LogP contribution in [0.15, 0.2) is 18.2 Å². The van der Waals surface area contributed by atoms with Crippen molar-refractivity contribution >= 4 is 34.8 Å². The van der Waals surface area contributed by atoms with E-state index in [-0.39, 0.29) is 5.91 Å². The van der Waals surface area contributed by atoms with Crippen molar-refractivity contribution in [2.45, 2.75) is 19.8 Å². The molecule has 1 aromatic rings. The minimum atomic E-state index is -0.00654. The number of hydrogen-bond acceptors (Lipinski definition) is 2. The number of amides is 1. The molecule has 19 heavy (non-hydrogen) atoms. The van der Waals surface area contributed by atoms with Gasteiger partial charge in [0.05, 0.1) is 16.6 Å². The van der Waals surface area contributed by atoms with Gasteiger partial charge < -0.3 is 5.32 Å². The van der Waals surface area contributed by atoms with E-state index in [0.717, 1.165) is 19.0 Å². The Labute approximate surface area is 123 Å². The van der Waals surface area contributed by atoms with Gasteiger partial charge in [-0.3, -0.25) is 9.69 Å². The number of rotatable bonds is 3. The average molecular weight is 301 g/mol. The molecule has 0 radical (unpaired) electrons. The number of carbonyl (C=O) groups excluding carboxylic acids is 1. The van der Waals surface area contributed by atoms with Crippen molar-refractivity contribution in [1.29, 1.82) is 0 Å². The minimum absolute atomic E-state index is 0.00654. The lowest BCUT2D eigenvalue weighted by molar-refractivity contribution is -0.117. The predicted molar refractivity (Wildman–Crippen MR) is 79.9 cm³/mol. The molecule has 1 saturated heterocycles. The second-order valence-corrected chi connectivity index (χ2v) is 5.95. The monoisotopic (exact) mass is 300 g/mol. The van der Waals surface area contributed by atoms with Gasteiger partial charge in [-0.15, -0.1) is 0 Å². The molecular weight excluding hydrogens is 283 g/mol. The third-order valence-electron chi connectivity index (χ3n) is 3.45. The van der Waals surface area contributed by atoms with Crippen LogP contribution >= 0.6 is 23.2 Å². The molecule has 0 aliphatic carbocycles. The first-order valence-electron chi connectivity index (χ1n) is 6.52. The maximum absolute atomic E-state index is 11.9. The molecule has 2 rings (SSSR count). The first-order chi connectivity index (χ1) is 9.04. The lowest BCUT2D eigenvalue weighted by Gasteiger charge is -2.29. The van der Waals surface area contributed by atoms with Crippen molar-refractivity contribution in [3.63, 3.8) is 0 Å². The molecule has 1 amide bonds. The van der Waals surface area contributed by atoms with Crippen LogP contribution in [0.5, 0.6) is 0 Å². The summed E-state index contributed by atoms with van der Waals surface area (Å²) in [5, 5.41) is 3.79. The highest BCUT2D eigenvalue weighted by Crippen LogP contribution is 2.25. The predicted octanol–water partition coefficient (Wildman–Crippen LogP) is 3.66. The zero-order valence-corrected chi connectivity index (χ0v) is 12.5. The number of halogens is 2. The van der Waals surface area contributed by atoms with Crippen LogP contribution in [0.4, 0.5) is 5.69 Å². The molecule has 104 valence electrons. The van der Waals surface area contributed by atoms with Gasteiger partial charge in [0.1, 0.15) is 0 Å². The summed E-state index contributed by atoms with van der Waals surface area (Å²) >= 11 is 11.7. The smallest absolute Gasteiger partial charge is 0.238 e. The van der Waals surface area contributed by atoms with Crippen LogP contribution in [0, 0.1) is 5.92 Å².